The summed E-state index contributed by atoms with van der Waals surface area (Å²) in [5.41, 5.74) is 1.17. The van der Waals surface area contributed by atoms with E-state index in [4.69, 9.17) is 4.74 Å². The van der Waals surface area contributed by atoms with Crippen LogP contribution in [0.25, 0.3) is 0 Å². The average Bonchev–Trinajstić information content (AvgIpc) is 2.09. The first-order chi connectivity index (χ1) is 5.86. The zero-order valence-corrected chi connectivity index (χ0v) is 8.57. The Kier molecular flexibility index (Phi) is 4.32. The van der Waals surface area contributed by atoms with Crippen molar-refractivity contribution in [1.29, 1.82) is 0 Å². The third-order valence-corrected chi connectivity index (χ3v) is 2.17. The summed E-state index contributed by atoms with van der Waals surface area (Å²) in [6.07, 6.45) is 1.81. The van der Waals surface area contributed by atoms with E-state index in [0.29, 0.717) is 12.5 Å². The molecule has 0 saturated heterocycles. The van der Waals surface area contributed by atoms with Crippen LogP contribution in [0.5, 0.6) is 5.88 Å². The molecule has 2 nitrogen and oxygen atoms in total. The predicted octanol–water partition coefficient (Wildman–Crippen LogP) is 2.56. The van der Waals surface area contributed by atoms with Crippen molar-refractivity contribution in [2.24, 2.45) is 0 Å². The van der Waals surface area contributed by atoms with E-state index < -0.39 is 0 Å². The summed E-state index contributed by atoms with van der Waals surface area (Å²) in [5.74, 6) is 1.56. The lowest BCUT2D eigenvalue weighted by atomic mass is 10.3. The van der Waals surface area contributed by atoms with Gasteiger partial charge in [0.25, 0.3) is 0 Å². The molecule has 1 heterocycles. The Labute approximate surface area is 81.5 Å². The summed E-state index contributed by atoms with van der Waals surface area (Å²) in [4.78, 5) is 4.12. The van der Waals surface area contributed by atoms with Crippen LogP contribution >= 0.6 is 22.5 Å². The third-order valence-electron chi connectivity index (χ3n) is 1.32. The lowest BCUT2D eigenvalue weighted by Gasteiger charge is -2.01. The maximum Gasteiger partial charge on any atom is 0.213 e. The van der Waals surface area contributed by atoms with Gasteiger partial charge < -0.3 is 4.74 Å². The molecule has 4 heteroatoms. The topological polar surface area (TPSA) is 22.1 Å². The zero-order valence-electron chi connectivity index (χ0n) is 6.86. The monoisotopic (exact) mass is 201 g/mol. The molecule has 66 valence electrons. The number of aromatic nitrogens is 1. The van der Waals surface area contributed by atoms with Crippen molar-refractivity contribution in [3.63, 3.8) is 0 Å². The first kappa shape index (κ1) is 9.74. The van der Waals surface area contributed by atoms with Gasteiger partial charge in [-0.05, 0) is 12.5 Å². The molecule has 0 spiro atoms. The first-order valence-corrected chi connectivity index (χ1v) is 5.74. The van der Waals surface area contributed by atoms with Crippen LogP contribution in [0, 0.1) is 0 Å². The second-order valence-electron chi connectivity index (χ2n) is 2.21. The molecule has 0 bridgehead atoms. The Bertz CT molecular complexity index is 200. The minimum absolute atomic E-state index is 0.660. The molecule has 12 heavy (non-hydrogen) atoms. The fraction of sp³-hybridized carbons (Fsp3) is 0.375. The van der Waals surface area contributed by atoms with Gasteiger partial charge in [-0.3, -0.25) is 0 Å². The molecule has 0 aliphatic heterocycles. The molecule has 0 aliphatic carbocycles. The van der Waals surface area contributed by atoms with Crippen LogP contribution in [0.1, 0.15) is 12.5 Å². The van der Waals surface area contributed by atoms with Crippen molar-refractivity contribution in [3.05, 3.63) is 23.9 Å². The van der Waals surface area contributed by atoms with Gasteiger partial charge in [0, 0.05) is 18.0 Å². The Hall–Kier alpha value is -0.350. The number of pyridine rings is 1. The van der Waals surface area contributed by atoms with Crippen LogP contribution in [0.4, 0.5) is 0 Å². The number of rotatable bonds is 4. The van der Waals surface area contributed by atoms with E-state index in [1.54, 1.807) is 0 Å². The highest BCUT2D eigenvalue weighted by molar-refractivity contribution is 8.68. The molecular weight excluding hydrogens is 190 g/mol. The second kappa shape index (κ2) is 5.32. The van der Waals surface area contributed by atoms with E-state index in [1.807, 2.05) is 25.3 Å². The third kappa shape index (κ3) is 2.95. The van der Waals surface area contributed by atoms with Crippen molar-refractivity contribution < 1.29 is 4.74 Å². The summed E-state index contributed by atoms with van der Waals surface area (Å²) >= 11 is 4.06. The summed E-state index contributed by atoms with van der Waals surface area (Å²) in [6.45, 7) is 2.60. The maximum absolute atomic E-state index is 5.20. The van der Waals surface area contributed by atoms with E-state index in [2.05, 4.69) is 16.6 Å². The maximum atomic E-state index is 5.20. The van der Waals surface area contributed by atoms with Gasteiger partial charge in [-0.1, -0.05) is 16.9 Å². The van der Waals surface area contributed by atoms with E-state index in [1.165, 1.54) is 16.4 Å². The van der Waals surface area contributed by atoms with Gasteiger partial charge in [0.1, 0.15) is 0 Å². The van der Waals surface area contributed by atoms with Crippen molar-refractivity contribution in [2.45, 2.75) is 12.7 Å². The smallest absolute Gasteiger partial charge is 0.213 e. The fourth-order valence-electron chi connectivity index (χ4n) is 0.804. The predicted molar refractivity (Wildman–Crippen MR) is 55.7 cm³/mol. The normalized spacial score (nSPS) is 9.83. The van der Waals surface area contributed by atoms with E-state index in [-0.39, 0.29) is 0 Å². The largest absolute Gasteiger partial charge is 0.478 e. The number of ether oxygens (including phenoxy) is 1. The standard InChI is InChI=1S/C8H11NOS2/c1-2-10-8-4-3-7(5-9-8)6-12-11/h3-5,11H,2,6H2,1H3. The molecule has 0 fully saturated rings. The summed E-state index contributed by atoms with van der Waals surface area (Å²) < 4.78 is 5.20. The van der Waals surface area contributed by atoms with Gasteiger partial charge >= 0.3 is 0 Å². The van der Waals surface area contributed by atoms with Gasteiger partial charge in [0.15, 0.2) is 0 Å². The highest BCUT2D eigenvalue weighted by Crippen LogP contribution is 2.15. The number of hydrogen-bond donors (Lipinski definition) is 1. The van der Waals surface area contributed by atoms with Gasteiger partial charge in [0.2, 0.25) is 5.88 Å². The first-order valence-electron chi connectivity index (χ1n) is 3.71. The number of nitrogens with zero attached hydrogens (tertiary/aromatic N) is 1. The Morgan fingerprint density at radius 3 is 2.92 bits per heavy atom. The summed E-state index contributed by atoms with van der Waals surface area (Å²) in [6, 6.07) is 3.88. The summed E-state index contributed by atoms with van der Waals surface area (Å²) in [7, 11) is 1.49. The van der Waals surface area contributed by atoms with Gasteiger partial charge in [-0.15, -0.1) is 11.7 Å². The van der Waals surface area contributed by atoms with Crippen molar-refractivity contribution in [3.8, 4) is 5.88 Å². The Balaban J connectivity index is 2.58. The van der Waals surface area contributed by atoms with Crippen LogP contribution in [0.3, 0.4) is 0 Å². The lowest BCUT2D eigenvalue weighted by Crippen LogP contribution is -1.94. The minimum atomic E-state index is 0.660. The number of thiol groups is 1. The van der Waals surface area contributed by atoms with Gasteiger partial charge in [0.05, 0.1) is 6.61 Å². The Morgan fingerprint density at radius 1 is 1.58 bits per heavy atom. The fourth-order valence-corrected chi connectivity index (χ4v) is 1.57. The molecule has 1 aromatic rings. The second-order valence-corrected chi connectivity index (χ2v) is 3.53. The van der Waals surface area contributed by atoms with Gasteiger partial charge in [-0.25, -0.2) is 4.98 Å². The van der Waals surface area contributed by atoms with Gasteiger partial charge in [-0.2, -0.15) is 0 Å². The van der Waals surface area contributed by atoms with E-state index >= 15 is 0 Å². The van der Waals surface area contributed by atoms with Crippen LogP contribution in [-0.2, 0) is 5.75 Å². The quantitative estimate of drug-likeness (QED) is 0.598. The van der Waals surface area contributed by atoms with Crippen LogP contribution in [0.15, 0.2) is 18.3 Å². The highest BCUT2D eigenvalue weighted by atomic mass is 33.1. The molecule has 0 amide bonds. The van der Waals surface area contributed by atoms with Crippen molar-refractivity contribution in [2.75, 3.05) is 6.61 Å². The van der Waals surface area contributed by atoms with Crippen LogP contribution < -0.4 is 4.74 Å². The zero-order chi connectivity index (χ0) is 8.81. The highest BCUT2D eigenvalue weighted by Gasteiger charge is 1.94. The molecule has 1 rings (SSSR count). The summed E-state index contributed by atoms with van der Waals surface area (Å²) in [5, 5.41) is 0. The lowest BCUT2D eigenvalue weighted by molar-refractivity contribution is 0.326. The van der Waals surface area contributed by atoms with Crippen molar-refractivity contribution in [1.82, 2.24) is 4.98 Å². The molecule has 0 radical (unpaired) electrons. The van der Waals surface area contributed by atoms with Crippen LogP contribution in [-0.4, -0.2) is 11.6 Å². The molecule has 0 saturated carbocycles. The van der Waals surface area contributed by atoms with E-state index in [9.17, 15) is 0 Å². The molecular formula is C8H11NOS2. The molecule has 0 unspecified atom stereocenters. The molecule has 0 atom stereocenters. The molecule has 0 aliphatic rings. The number of hydrogen-bond acceptors (Lipinski definition) is 4. The molecule has 0 N–H and O–H groups in total. The SMILES string of the molecule is CCOc1ccc(CSS)cn1. The molecule has 0 aromatic carbocycles. The van der Waals surface area contributed by atoms with E-state index in [0.717, 1.165) is 5.75 Å². The average molecular weight is 201 g/mol. The molecule has 1 aromatic heterocycles. The Morgan fingerprint density at radius 2 is 2.42 bits per heavy atom. The van der Waals surface area contributed by atoms with Crippen molar-refractivity contribution >= 4 is 22.5 Å². The van der Waals surface area contributed by atoms with Crippen LogP contribution in [0.2, 0.25) is 0 Å². The minimum Gasteiger partial charge on any atom is -0.478 e.